The molecule has 1 aromatic heterocycles. The van der Waals surface area contributed by atoms with Crippen LogP contribution in [0.3, 0.4) is 0 Å². The fourth-order valence-electron chi connectivity index (χ4n) is 4.14. The van der Waals surface area contributed by atoms with Crippen LogP contribution in [-0.2, 0) is 22.2 Å². The number of pyridine rings is 1. The van der Waals surface area contributed by atoms with Gasteiger partial charge in [0, 0.05) is 32.4 Å². The van der Waals surface area contributed by atoms with E-state index in [1.165, 1.54) is 6.07 Å². The number of piperazine rings is 1. The first kappa shape index (κ1) is 23.5. The van der Waals surface area contributed by atoms with Crippen LogP contribution in [0.4, 0.5) is 19.0 Å². The van der Waals surface area contributed by atoms with Crippen LogP contribution in [0.15, 0.2) is 60.8 Å². The molecular formula is C25H25F3N4O2. The lowest BCUT2D eigenvalue weighted by Crippen LogP contribution is -2.54. The molecule has 1 aliphatic heterocycles. The number of hydrogen-bond donors (Lipinski definition) is 1. The molecule has 4 rings (SSSR count). The van der Waals surface area contributed by atoms with E-state index >= 15 is 0 Å². The number of hydrogen-bond acceptors (Lipinski definition) is 4. The highest BCUT2D eigenvalue weighted by Gasteiger charge is 2.31. The number of alkyl halides is 3. The fraction of sp³-hybridized carbons (Fsp3) is 0.320. The minimum atomic E-state index is -4.43. The summed E-state index contributed by atoms with van der Waals surface area (Å²) >= 11 is 0. The summed E-state index contributed by atoms with van der Waals surface area (Å²) in [6.45, 7) is 3.34. The van der Waals surface area contributed by atoms with E-state index in [-0.39, 0.29) is 18.2 Å². The van der Waals surface area contributed by atoms with Gasteiger partial charge in [-0.1, -0.05) is 42.5 Å². The lowest BCUT2D eigenvalue weighted by Gasteiger charge is -2.36. The molecule has 0 unspecified atom stereocenters. The highest BCUT2D eigenvalue weighted by Crippen LogP contribution is 2.29. The number of nitrogens with zero attached hydrogens (tertiary/aromatic N) is 3. The summed E-state index contributed by atoms with van der Waals surface area (Å²) in [5.41, 5.74) is 0.103. The maximum absolute atomic E-state index is 12.8. The summed E-state index contributed by atoms with van der Waals surface area (Å²) in [5, 5.41) is 4.85. The molecule has 9 heteroatoms. The standard InChI is InChI=1S/C25H25F3N4O2/c1-17(30-23(33)15-19-7-4-6-18-5-2-3-8-21(18)19)24(34)32-13-11-31(12-14-32)22-10-9-20(16-29-22)25(26,27)28/h2-10,16-17H,11-15H2,1H3,(H,30,33)/t17-/m1/s1. The summed E-state index contributed by atoms with van der Waals surface area (Å²) in [5.74, 6) is 0.0210. The van der Waals surface area contributed by atoms with Gasteiger partial charge >= 0.3 is 6.18 Å². The third-order valence-corrected chi connectivity index (χ3v) is 5.97. The minimum absolute atomic E-state index is 0.173. The Morgan fingerprint density at radius 2 is 1.71 bits per heavy atom. The second kappa shape index (κ2) is 9.70. The Bertz CT molecular complexity index is 1170. The third kappa shape index (κ3) is 5.30. The average Bonchev–Trinajstić information content (AvgIpc) is 2.83. The molecule has 1 atom stereocenters. The fourth-order valence-corrected chi connectivity index (χ4v) is 4.14. The van der Waals surface area contributed by atoms with Gasteiger partial charge in [-0.05, 0) is 35.4 Å². The number of carbonyl (C=O) groups excluding carboxylic acids is 2. The lowest BCUT2D eigenvalue weighted by molar-refractivity contribution is -0.138. The van der Waals surface area contributed by atoms with E-state index in [9.17, 15) is 22.8 Å². The molecule has 0 aliphatic carbocycles. The maximum atomic E-state index is 12.8. The van der Waals surface area contributed by atoms with Crippen molar-refractivity contribution >= 4 is 28.4 Å². The minimum Gasteiger partial charge on any atom is -0.353 e. The molecule has 2 heterocycles. The number of halogens is 3. The van der Waals surface area contributed by atoms with Gasteiger partial charge in [-0.25, -0.2) is 4.98 Å². The first-order valence-electron chi connectivity index (χ1n) is 11.1. The van der Waals surface area contributed by atoms with Gasteiger partial charge in [0.15, 0.2) is 0 Å². The number of aromatic nitrogens is 1. The lowest BCUT2D eigenvalue weighted by atomic mass is 10.0. The topological polar surface area (TPSA) is 65.5 Å². The number of anilines is 1. The normalized spacial score (nSPS) is 15.3. The van der Waals surface area contributed by atoms with Crippen LogP contribution >= 0.6 is 0 Å². The van der Waals surface area contributed by atoms with E-state index < -0.39 is 17.8 Å². The number of carbonyl (C=O) groups is 2. The van der Waals surface area contributed by atoms with Crippen molar-refractivity contribution in [3.05, 3.63) is 71.9 Å². The Morgan fingerprint density at radius 1 is 1.00 bits per heavy atom. The van der Waals surface area contributed by atoms with Gasteiger partial charge in [0.25, 0.3) is 0 Å². The number of amides is 2. The van der Waals surface area contributed by atoms with Crippen LogP contribution in [0.2, 0.25) is 0 Å². The van der Waals surface area contributed by atoms with Gasteiger partial charge in [0.2, 0.25) is 11.8 Å². The molecule has 6 nitrogen and oxygen atoms in total. The van der Waals surface area contributed by atoms with E-state index in [2.05, 4.69) is 10.3 Å². The molecule has 2 amide bonds. The van der Waals surface area contributed by atoms with E-state index in [1.807, 2.05) is 47.4 Å². The van der Waals surface area contributed by atoms with Crippen molar-refractivity contribution in [2.45, 2.75) is 25.6 Å². The van der Waals surface area contributed by atoms with Crippen LogP contribution in [-0.4, -0.2) is 53.9 Å². The molecular weight excluding hydrogens is 445 g/mol. The number of fused-ring (bicyclic) bond motifs is 1. The molecule has 178 valence electrons. The molecule has 0 saturated carbocycles. The van der Waals surface area contributed by atoms with Crippen LogP contribution in [0.25, 0.3) is 10.8 Å². The average molecular weight is 470 g/mol. The smallest absolute Gasteiger partial charge is 0.353 e. The van der Waals surface area contributed by atoms with Crippen molar-refractivity contribution in [2.24, 2.45) is 0 Å². The first-order valence-corrected chi connectivity index (χ1v) is 11.1. The van der Waals surface area contributed by atoms with Gasteiger partial charge in [-0.15, -0.1) is 0 Å². The van der Waals surface area contributed by atoms with E-state index in [0.29, 0.717) is 32.0 Å². The summed E-state index contributed by atoms with van der Waals surface area (Å²) in [6.07, 6.45) is -3.43. The van der Waals surface area contributed by atoms with Crippen molar-refractivity contribution in [1.82, 2.24) is 15.2 Å². The number of nitrogens with one attached hydrogen (secondary N) is 1. The van der Waals surface area contributed by atoms with Crippen molar-refractivity contribution in [3.8, 4) is 0 Å². The van der Waals surface area contributed by atoms with E-state index in [0.717, 1.165) is 28.6 Å². The summed E-state index contributed by atoms with van der Waals surface area (Å²) in [4.78, 5) is 32.9. The van der Waals surface area contributed by atoms with Gasteiger partial charge < -0.3 is 15.1 Å². The summed E-state index contributed by atoms with van der Waals surface area (Å²) in [7, 11) is 0. The Hall–Kier alpha value is -3.62. The van der Waals surface area contributed by atoms with Gasteiger partial charge in [-0.2, -0.15) is 13.2 Å². The van der Waals surface area contributed by atoms with Crippen molar-refractivity contribution in [1.29, 1.82) is 0 Å². The van der Waals surface area contributed by atoms with Crippen LogP contribution in [0.1, 0.15) is 18.1 Å². The van der Waals surface area contributed by atoms with Gasteiger partial charge in [-0.3, -0.25) is 9.59 Å². The second-order valence-corrected chi connectivity index (χ2v) is 8.32. The molecule has 34 heavy (non-hydrogen) atoms. The van der Waals surface area contributed by atoms with Crippen LogP contribution in [0.5, 0.6) is 0 Å². The van der Waals surface area contributed by atoms with Crippen molar-refractivity contribution < 1.29 is 22.8 Å². The molecule has 1 N–H and O–H groups in total. The molecule has 0 spiro atoms. The van der Waals surface area contributed by atoms with Gasteiger partial charge in [0.1, 0.15) is 11.9 Å². The largest absolute Gasteiger partial charge is 0.417 e. The highest BCUT2D eigenvalue weighted by molar-refractivity contribution is 5.92. The van der Waals surface area contributed by atoms with Crippen LogP contribution < -0.4 is 10.2 Å². The molecule has 2 aromatic carbocycles. The first-order chi connectivity index (χ1) is 16.2. The second-order valence-electron chi connectivity index (χ2n) is 8.32. The molecule has 1 aliphatic rings. The van der Waals surface area contributed by atoms with Crippen molar-refractivity contribution in [2.75, 3.05) is 31.1 Å². The molecule has 0 radical (unpaired) electrons. The Morgan fingerprint density at radius 3 is 2.38 bits per heavy atom. The monoisotopic (exact) mass is 470 g/mol. The van der Waals surface area contributed by atoms with Crippen molar-refractivity contribution in [3.63, 3.8) is 0 Å². The molecule has 0 bridgehead atoms. The van der Waals surface area contributed by atoms with Crippen LogP contribution in [0, 0.1) is 0 Å². The molecule has 1 fully saturated rings. The van der Waals surface area contributed by atoms with Gasteiger partial charge in [0.05, 0.1) is 12.0 Å². The maximum Gasteiger partial charge on any atom is 0.417 e. The predicted molar refractivity (Wildman–Crippen MR) is 123 cm³/mol. The zero-order valence-corrected chi connectivity index (χ0v) is 18.7. The van der Waals surface area contributed by atoms with E-state index in [1.54, 1.807) is 11.8 Å². The summed E-state index contributed by atoms with van der Waals surface area (Å²) in [6, 6.07) is 15.3. The SMILES string of the molecule is C[C@@H](NC(=O)Cc1cccc2ccccc12)C(=O)N1CCN(c2ccc(C(F)(F)F)cn2)CC1. The Kier molecular flexibility index (Phi) is 6.72. The highest BCUT2D eigenvalue weighted by atomic mass is 19.4. The molecule has 3 aromatic rings. The Balaban J connectivity index is 1.30. The Labute approximate surface area is 195 Å². The predicted octanol–water partition coefficient (Wildman–Crippen LogP) is 3.65. The zero-order valence-electron chi connectivity index (χ0n) is 18.7. The third-order valence-electron chi connectivity index (χ3n) is 5.97. The molecule has 1 saturated heterocycles. The zero-order chi connectivity index (χ0) is 24.3. The number of rotatable bonds is 5. The summed E-state index contributed by atoms with van der Waals surface area (Å²) < 4.78 is 38.2. The quantitative estimate of drug-likeness (QED) is 0.618. The van der Waals surface area contributed by atoms with E-state index in [4.69, 9.17) is 0 Å². The number of benzene rings is 2.